The molecular weight excluding hydrogens is 430 g/mol. The average Bonchev–Trinajstić information content (AvgIpc) is 2.68. The van der Waals surface area contributed by atoms with Gasteiger partial charge in [0.15, 0.2) is 0 Å². The quantitative estimate of drug-likeness (QED) is 0.339. The van der Waals surface area contributed by atoms with Crippen molar-refractivity contribution in [1.82, 2.24) is 4.90 Å². The van der Waals surface area contributed by atoms with Gasteiger partial charge in [-0.1, -0.05) is 13.8 Å². The largest absolute Gasteiger partial charge is 0.461 e. The van der Waals surface area contributed by atoms with Crippen LogP contribution in [0.25, 0.3) is 0 Å². The van der Waals surface area contributed by atoms with Crippen LogP contribution in [0.15, 0.2) is 24.3 Å². The second-order valence-electron chi connectivity index (χ2n) is 5.08. The third-order valence-corrected chi connectivity index (χ3v) is 3.77. The molecule has 0 saturated heterocycles. The zero-order valence-electron chi connectivity index (χ0n) is 16.7. The second kappa shape index (κ2) is 20.3. The van der Waals surface area contributed by atoms with Crippen LogP contribution in [0.4, 0.5) is 5.69 Å². The van der Waals surface area contributed by atoms with E-state index in [-0.39, 0.29) is 16.6 Å². The summed E-state index contributed by atoms with van der Waals surface area (Å²) in [5.41, 5.74) is 1.75. The summed E-state index contributed by atoms with van der Waals surface area (Å²) in [5, 5.41) is 0.389. The number of carbonyl (C=O) groups excluding carboxylic acids is 1. The first-order valence-electron chi connectivity index (χ1n) is 8.97. The Morgan fingerprint density at radius 1 is 0.852 bits per heavy atom. The Hall–Kier alpha value is -0.390. The molecule has 0 fully saturated rings. The Labute approximate surface area is 184 Å². The first-order chi connectivity index (χ1) is 13.0. The second-order valence-corrected chi connectivity index (χ2v) is 6.70. The molecule has 1 rings (SSSR count). The lowest BCUT2D eigenvalue weighted by Crippen LogP contribution is -2.27. The molecule has 27 heavy (non-hydrogen) atoms. The highest BCUT2D eigenvalue weighted by molar-refractivity contribution is 6.41. The molecule has 0 bridgehead atoms. The van der Waals surface area contributed by atoms with E-state index in [0.717, 1.165) is 38.4 Å². The summed E-state index contributed by atoms with van der Waals surface area (Å²) in [6.45, 7) is 13.6. The minimum absolute atomic E-state index is 0.194. The van der Waals surface area contributed by atoms with Gasteiger partial charge in [-0.2, -0.15) is 0 Å². The summed E-state index contributed by atoms with van der Waals surface area (Å²) in [6, 6.07) is 7.64. The highest BCUT2D eigenvalue weighted by Gasteiger charge is 2.09. The van der Waals surface area contributed by atoms with E-state index in [2.05, 4.69) is 37.5 Å². The van der Waals surface area contributed by atoms with Crippen LogP contribution in [0.1, 0.15) is 38.1 Å². The van der Waals surface area contributed by atoms with Gasteiger partial charge < -0.3 is 14.5 Å². The standard InChI is InChI=1S/C17H28N2O2.2CH2Cl2/c1-5-18(6-2)13-14-21-17(20)15-9-11-16(12-10-15)19(7-3)8-4;2*2-1-3/h9-12H,5-8,13-14H2,1-4H3;2*1H2. The first-order valence-corrected chi connectivity index (χ1v) is 11.1. The lowest BCUT2D eigenvalue weighted by molar-refractivity contribution is 0.0466. The third kappa shape index (κ3) is 14.3. The summed E-state index contributed by atoms with van der Waals surface area (Å²) in [6.07, 6.45) is 0. The predicted molar refractivity (Wildman–Crippen MR) is 121 cm³/mol. The molecule has 0 aliphatic rings. The van der Waals surface area contributed by atoms with E-state index in [1.165, 1.54) is 0 Å². The van der Waals surface area contributed by atoms with Crippen molar-refractivity contribution in [3.8, 4) is 0 Å². The van der Waals surface area contributed by atoms with Crippen LogP contribution in [-0.4, -0.2) is 60.9 Å². The lowest BCUT2D eigenvalue weighted by atomic mass is 10.2. The van der Waals surface area contributed by atoms with Gasteiger partial charge in [-0.3, -0.25) is 0 Å². The van der Waals surface area contributed by atoms with Crippen molar-refractivity contribution in [3.05, 3.63) is 29.8 Å². The molecule has 1 aromatic rings. The Balaban J connectivity index is 0. The fourth-order valence-electron chi connectivity index (χ4n) is 2.29. The number of carbonyl (C=O) groups is 1. The highest BCUT2D eigenvalue weighted by Crippen LogP contribution is 2.15. The van der Waals surface area contributed by atoms with Crippen LogP contribution < -0.4 is 4.90 Å². The maximum atomic E-state index is 12.0. The molecule has 0 aliphatic heterocycles. The van der Waals surface area contributed by atoms with Gasteiger partial charge in [0, 0.05) is 25.3 Å². The van der Waals surface area contributed by atoms with Gasteiger partial charge in [-0.25, -0.2) is 4.79 Å². The minimum atomic E-state index is -0.242. The molecular formula is C19H32Cl4N2O2. The monoisotopic (exact) mass is 460 g/mol. The zero-order valence-corrected chi connectivity index (χ0v) is 19.7. The molecule has 0 radical (unpaired) electrons. The number of nitrogens with zero attached hydrogens (tertiary/aromatic N) is 2. The van der Waals surface area contributed by atoms with E-state index >= 15 is 0 Å². The van der Waals surface area contributed by atoms with Crippen LogP contribution in [-0.2, 0) is 4.74 Å². The fourth-order valence-corrected chi connectivity index (χ4v) is 2.29. The van der Waals surface area contributed by atoms with E-state index in [0.29, 0.717) is 12.2 Å². The molecule has 0 heterocycles. The van der Waals surface area contributed by atoms with Crippen LogP contribution in [0.2, 0.25) is 0 Å². The van der Waals surface area contributed by atoms with Crippen LogP contribution in [0.3, 0.4) is 0 Å². The SMILES string of the molecule is CCN(CC)CCOC(=O)c1ccc(N(CC)CC)cc1.ClCCl.ClCCl. The number of alkyl halides is 4. The summed E-state index contributed by atoms with van der Waals surface area (Å²) in [4.78, 5) is 16.4. The van der Waals surface area contributed by atoms with Crippen molar-refractivity contribution in [2.75, 3.05) is 54.9 Å². The molecule has 0 aromatic heterocycles. The third-order valence-electron chi connectivity index (χ3n) is 3.77. The van der Waals surface area contributed by atoms with Gasteiger partial charge >= 0.3 is 5.97 Å². The fraction of sp³-hybridized carbons (Fsp3) is 0.632. The van der Waals surface area contributed by atoms with Crippen molar-refractivity contribution < 1.29 is 9.53 Å². The van der Waals surface area contributed by atoms with Crippen molar-refractivity contribution in [2.24, 2.45) is 0 Å². The van der Waals surface area contributed by atoms with Gasteiger partial charge in [0.25, 0.3) is 0 Å². The maximum Gasteiger partial charge on any atom is 0.338 e. The molecule has 0 amide bonds. The van der Waals surface area contributed by atoms with Crippen molar-refractivity contribution in [3.63, 3.8) is 0 Å². The lowest BCUT2D eigenvalue weighted by Gasteiger charge is -2.21. The molecule has 8 heteroatoms. The molecule has 0 N–H and O–H groups in total. The van der Waals surface area contributed by atoms with Crippen molar-refractivity contribution in [2.45, 2.75) is 27.7 Å². The zero-order chi connectivity index (χ0) is 21.1. The Bertz CT molecular complexity index is 452. The number of anilines is 1. The molecule has 0 saturated carbocycles. The number of benzene rings is 1. The maximum absolute atomic E-state index is 12.0. The smallest absolute Gasteiger partial charge is 0.338 e. The number of rotatable bonds is 9. The highest BCUT2D eigenvalue weighted by atomic mass is 35.5. The molecule has 158 valence electrons. The predicted octanol–water partition coefficient (Wildman–Crippen LogP) is 5.87. The minimum Gasteiger partial charge on any atom is -0.461 e. The van der Waals surface area contributed by atoms with Gasteiger partial charge in [-0.05, 0) is 51.2 Å². The van der Waals surface area contributed by atoms with Crippen LogP contribution in [0, 0.1) is 0 Å². The number of hydrogen-bond donors (Lipinski definition) is 0. The van der Waals surface area contributed by atoms with Crippen molar-refractivity contribution in [1.29, 1.82) is 0 Å². The molecule has 4 nitrogen and oxygen atoms in total. The number of hydrogen-bond acceptors (Lipinski definition) is 4. The van der Waals surface area contributed by atoms with Crippen LogP contribution in [0.5, 0.6) is 0 Å². The normalized spacial score (nSPS) is 9.67. The molecule has 1 aromatic carbocycles. The van der Waals surface area contributed by atoms with E-state index in [1.54, 1.807) is 0 Å². The Kier molecular flexibility index (Phi) is 21.7. The van der Waals surface area contributed by atoms with Crippen molar-refractivity contribution >= 4 is 58.1 Å². The van der Waals surface area contributed by atoms with Crippen LogP contribution >= 0.6 is 46.4 Å². The Morgan fingerprint density at radius 2 is 1.30 bits per heavy atom. The number of ether oxygens (including phenoxy) is 1. The molecule has 0 spiro atoms. The number of esters is 1. The van der Waals surface area contributed by atoms with E-state index in [9.17, 15) is 4.79 Å². The number of likely N-dealkylation sites (N-methyl/N-ethyl adjacent to an activating group) is 1. The first kappa shape index (κ1) is 28.8. The van der Waals surface area contributed by atoms with Gasteiger partial charge in [-0.15, -0.1) is 46.4 Å². The Morgan fingerprint density at radius 3 is 1.67 bits per heavy atom. The summed E-state index contributed by atoms with van der Waals surface area (Å²) in [7, 11) is 0. The van der Waals surface area contributed by atoms with E-state index < -0.39 is 0 Å². The van der Waals surface area contributed by atoms with E-state index in [4.69, 9.17) is 51.1 Å². The average molecular weight is 462 g/mol. The van der Waals surface area contributed by atoms with Gasteiger partial charge in [0.1, 0.15) is 6.61 Å². The molecule has 0 aliphatic carbocycles. The topological polar surface area (TPSA) is 32.8 Å². The van der Waals surface area contributed by atoms with Gasteiger partial charge in [0.05, 0.1) is 16.2 Å². The summed E-state index contributed by atoms with van der Waals surface area (Å²) >= 11 is 19.1. The van der Waals surface area contributed by atoms with E-state index in [1.807, 2.05) is 24.3 Å². The number of halogens is 4. The summed E-state index contributed by atoms with van der Waals surface area (Å²) < 4.78 is 5.32. The molecule has 0 unspecified atom stereocenters. The van der Waals surface area contributed by atoms with Gasteiger partial charge in [0.2, 0.25) is 0 Å². The summed E-state index contributed by atoms with van der Waals surface area (Å²) in [5.74, 6) is -0.242. The molecule has 0 atom stereocenters.